The van der Waals surface area contributed by atoms with Gasteiger partial charge in [-0.15, -0.1) is 0 Å². The van der Waals surface area contributed by atoms with E-state index in [-0.39, 0.29) is 0 Å². The maximum absolute atomic E-state index is 4.73. The van der Waals surface area contributed by atoms with Crippen molar-refractivity contribution in [3.05, 3.63) is 47.4 Å². The fraction of sp³-hybridized carbons (Fsp3) is 0.412. The SMILES string of the molecule is Cc1ccc(-c2ccnc(CC3CCCN3)n2)cc1C. The Bertz CT molecular complexity index is 601. The Labute approximate surface area is 120 Å². The van der Waals surface area contributed by atoms with Crippen molar-refractivity contribution in [3.8, 4) is 11.3 Å². The minimum atomic E-state index is 0.546. The summed E-state index contributed by atoms with van der Waals surface area (Å²) in [6, 6.07) is 9.04. The zero-order valence-corrected chi connectivity index (χ0v) is 12.2. The van der Waals surface area contributed by atoms with Crippen molar-refractivity contribution in [3.63, 3.8) is 0 Å². The van der Waals surface area contributed by atoms with E-state index in [1.165, 1.54) is 29.5 Å². The molecule has 1 atom stereocenters. The number of rotatable bonds is 3. The molecular formula is C17H21N3. The van der Waals surface area contributed by atoms with Crippen molar-refractivity contribution >= 4 is 0 Å². The van der Waals surface area contributed by atoms with Gasteiger partial charge in [-0.05, 0) is 56.5 Å². The highest BCUT2D eigenvalue weighted by Crippen LogP contribution is 2.20. The molecule has 1 saturated heterocycles. The zero-order valence-electron chi connectivity index (χ0n) is 12.2. The van der Waals surface area contributed by atoms with E-state index in [0.29, 0.717) is 6.04 Å². The number of nitrogens with zero attached hydrogens (tertiary/aromatic N) is 2. The van der Waals surface area contributed by atoms with Crippen LogP contribution in [0, 0.1) is 13.8 Å². The molecule has 2 aromatic rings. The molecule has 0 radical (unpaired) electrons. The number of aromatic nitrogens is 2. The minimum absolute atomic E-state index is 0.546. The molecule has 1 aliphatic rings. The molecule has 1 fully saturated rings. The van der Waals surface area contributed by atoms with E-state index in [2.05, 4.69) is 42.3 Å². The highest BCUT2D eigenvalue weighted by molar-refractivity contribution is 5.60. The van der Waals surface area contributed by atoms with Crippen LogP contribution in [0.4, 0.5) is 0 Å². The van der Waals surface area contributed by atoms with Crippen LogP contribution in [0.1, 0.15) is 29.8 Å². The summed E-state index contributed by atoms with van der Waals surface area (Å²) in [5.74, 6) is 0.945. The van der Waals surface area contributed by atoms with Crippen molar-refractivity contribution in [2.75, 3.05) is 6.54 Å². The van der Waals surface area contributed by atoms with Crippen LogP contribution in [0.2, 0.25) is 0 Å². The molecule has 0 saturated carbocycles. The normalized spacial score (nSPS) is 18.4. The monoisotopic (exact) mass is 267 g/mol. The third-order valence-corrected chi connectivity index (χ3v) is 4.10. The van der Waals surface area contributed by atoms with E-state index in [1.54, 1.807) is 0 Å². The van der Waals surface area contributed by atoms with Gasteiger partial charge in [0.15, 0.2) is 0 Å². The summed E-state index contributed by atoms with van der Waals surface area (Å²) in [5.41, 5.74) is 4.82. The Morgan fingerprint density at radius 1 is 1.20 bits per heavy atom. The van der Waals surface area contributed by atoms with Crippen LogP contribution < -0.4 is 5.32 Å². The van der Waals surface area contributed by atoms with E-state index in [4.69, 9.17) is 4.98 Å². The molecule has 3 nitrogen and oxygen atoms in total. The van der Waals surface area contributed by atoms with Crippen molar-refractivity contribution in [1.29, 1.82) is 0 Å². The summed E-state index contributed by atoms with van der Waals surface area (Å²) >= 11 is 0. The van der Waals surface area contributed by atoms with Crippen molar-refractivity contribution in [2.45, 2.75) is 39.2 Å². The molecular weight excluding hydrogens is 246 g/mol. The average molecular weight is 267 g/mol. The summed E-state index contributed by atoms with van der Waals surface area (Å²) in [6.45, 7) is 5.40. The second kappa shape index (κ2) is 5.71. The number of benzene rings is 1. The highest BCUT2D eigenvalue weighted by Gasteiger charge is 2.16. The average Bonchev–Trinajstić information content (AvgIpc) is 2.95. The van der Waals surface area contributed by atoms with Gasteiger partial charge in [0, 0.05) is 24.2 Å². The maximum atomic E-state index is 4.73. The molecule has 1 aromatic heterocycles. The standard InChI is InChI=1S/C17H21N3/c1-12-5-6-14(10-13(12)2)16-7-9-19-17(20-16)11-15-4-3-8-18-15/h5-7,9-10,15,18H,3-4,8,11H2,1-2H3. The number of hydrogen-bond acceptors (Lipinski definition) is 3. The van der Waals surface area contributed by atoms with Crippen molar-refractivity contribution in [2.24, 2.45) is 0 Å². The number of nitrogens with one attached hydrogen (secondary N) is 1. The first kappa shape index (κ1) is 13.3. The zero-order chi connectivity index (χ0) is 13.9. The van der Waals surface area contributed by atoms with Crippen LogP contribution in [0.5, 0.6) is 0 Å². The first-order valence-electron chi connectivity index (χ1n) is 7.35. The second-order valence-electron chi connectivity index (χ2n) is 5.65. The van der Waals surface area contributed by atoms with Gasteiger partial charge in [0.2, 0.25) is 0 Å². The largest absolute Gasteiger partial charge is 0.314 e. The quantitative estimate of drug-likeness (QED) is 0.928. The predicted molar refractivity (Wildman–Crippen MR) is 81.7 cm³/mol. The molecule has 0 amide bonds. The van der Waals surface area contributed by atoms with Crippen LogP contribution in [0.3, 0.4) is 0 Å². The third-order valence-electron chi connectivity index (χ3n) is 4.10. The van der Waals surface area contributed by atoms with E-state index >= 15 is 0 Å². The molecule has 1 N–H and O–H groups in total. The molecule has 0 bridgehead atoms. The fourth-order valence-electron chi connectivity index (χ4n) is 2.71. The Kier molecular flexibility index (Phi) is 3.79. The van der Waals surface area contributed by atoms with Gasteiger partial charge in [0.1, 0.15) is 5.82 Å². The second-order valence-corrected chi connectivity index (χ2v) is 5.65. The van der Waals surface area contributed by atoms with Gasteiger partial charge < -0.3 is 5.32 Å². The Balaban J connectivity index is 1.84. The predicted octanol–water partition coefficient (Wildman–Crippen LogP) is 3.05. The first-order chi connectivity index (χ1) is 9.72. The number of aryl methyl sites for hydroxylation is 2. The maximum Gasteiger partial charge on any atom is 0.130 e. The summed E-state index contributed by atoms with van der Waals surface area (Å²) in [6.07, 6.45) is 5.30. The molecule has 3 rings (SSSR count). The molecule has 0 spiro atoms. The van der Waals surface area contributed by atoms with Gasteiger partial charge in [-0.25, -0.2) is 9.97 Å². The van der Waals surface area contributed by atoms with Crippen LogP contribution >= 0.6 is 0 Å². The van der Waals surface area contributed by atoms with Gasteiger partial charge in [-0.2, -0.15) is 0 Å². The van der Waals surface area contributed by atoms with E-state index < -0.39 is 0 Å². The number of hydrogen-bond donors (Lipinski definition) is 1. The van der Waals surface area contributed by atoms with Crippen molar-refractivity contribution < 1.29 is 0 Å². The lowest BCUT2D eigenvalue weighted by molar-refractivity contribution is 0.585. The minimum Gasteiger partial charge on any atom is -0.314 e. The molecule has 1 unspecified atom stereocenters. The fourth-order valence-corrected chi connectivity index (χ4v) is 2.71. The Morgan fingerprint density at radius 2 is 2.10 bits per heavy atom. The van der Waals surface area contributed by atoms with Gasteiger partial charge in [-0.3, -0.25) is 0 Å². The van der Waals surface area contributed by atoms with Gasteiger partial charge >= 0.3 is 0 Å². The summed E-state index contributed by atoms with van der Waals surface area (Å²) in [4.78, 5) is 9.14. The van der Waals surface area contributed by atoms with Crippen LogP contribution in [0.25, 0.3) is 11.3 Å². The third kappa shape index (κ3) is 2.88. The molecule has 3 heteroatoms. The summed E-state index contributed by atoms with van der Waals surface area (Å²) < 4.78 is 0. The lowest BCUT2D eigenvalue weighted by atomic mass is 10.0. The summed E-state index contributed by atoms with van der Waals surface area (Å²) in [7, 11) is 0. The van der Waals surface area contributed by atoms with Crippen LogP contribution in [0.15, 0.2) is 30.5 Å². The Morgan fingerprint density at radius 3 is 2.85 bits per heavy atom. The topological polar surface area (TPSA) is 37.8 Å². The molecule has 2 heterocycles. The molecule has 1 aliphatic heterocycles. The van der Waals surface area contributed by atoms with E-state index in [9.17, 15) is 0 Å². The molecule has 1 aromatic carbocycles. The molecule has 104 valence electrons. The summed E-state index contributed by atoms with van der Waals surface area (Å²) in [5, 5.41) is 3.50. The van der Waals surface area contributed by atoms with E-state index in [1.807, 2.05) is 12.3 Å². The van der Waals surface area contributed by atoms with Crippen LogP contribution in [-0.4, -0.2) is 22.6 Å². The Hall–Kier alpha value is -1.74. The van der Waals surface area contributed by atoms with Gasteiger partial charge in [0.25, 0.3) is 0 Å². The smallest absolute Gasteiger partial charge is 0.130 e. The van der Waals surface area contributed by atoms with E-state index in [0.717, 1.165) is 24.5 Å². The van der Waals surface area contributed by atoms with Crippen LogP contribution in [-0.2, 0) is 6.42 Å². The van der Waals surface area contributed by atoms with Crippen molar-refractivity contribution in [1.82, 2.24) is 15.3 Å². The lowest BCUT2D eigenvalue weighted by Gasteiger charge is -2.10. The highest BCUT2D eigenvalue weighted by atomic mass is 15.0. The van der Waals surface area contributed by atoms with Gasteiger partial charge in [-0.1, -0.05) is 12.1 Å². The lowest BCUT2D eigenvalue weighted by Crippen LogP contribution is -2.24. The molecule has 0 aliphatic carbocycles. The first-order valence-corrected chi connectivity index (χ1v) is 7.35. The van der Waals surface area contributed by atoms with Gasteiger partial charge in [0.05, 0.1) is 5.69 Å². The molecule has 20 heavy (non-hydrogen) atoms.